The van der Waals surface area contributed by atoms with Crippen LogP contribution in [0.3, 0.4) is 0 Å². The molecule has 116 valence electrons. The van der Waals surface area contributed by atoms with Crippen LogP contribution in [0.4, 0.5) is 0 Å². The number of hydrogen-bond acceptors (Lipinski definition) is 4. The summed E-state index contributed by atoms with van der Waals surface area (Å²) in [7, 11) is 3.80. The van der Waals surface area contributed by atoms with Gasteiger partial charge in [-0.25, -0.2) is 4.99 Å². The maximum atomic E-state index is 5.97. The van der Waals surface area contributed by atoms with Crippen molar-refractivity contribution in [1.82, 2.24) is 4.90 Å². The van der Waals surface area contributed by atoms with E-state index in [9.17, 15) is 0 Å². The lowest BCUT2D eigenvalue weighted by Crippen LogP contribution is -2.08. The van der Waals surface area contributed by atoms with E-state index in [1.807, 2.05) is 50.4 Å². The van der Waals surface area contributed by atoms with Gasteiger partial charge in [-0.1, -0.05) is 23.4 Å². The Morgan fingerprint density at radius 2 is 2.05 bits per heavy atom. The highest BCUT2D eigenvalue weighted by Gasteiger charge is 2.07. The number of benzene rings is 1. The summed E-state index contributed by atoms with van der Waals surface area (Å²) in [5, 5.41) is 10.5. The normalized spacial score (nSPS) is 13.3. The van der Waals surface area contributed by atoms with Gasteiger partial charge >= 0.3 is 0 Å². The molecule has 1 heterocycles. The van der Waals surface area contributed by atoms with Crippen molar-refractivity contribution in [2.24, 2.45) is 15.2 Å². The predicted octanol–water partition coefficient (Wildman–Crippen LogP) is 4.12. The van der Waals surface area contributed by atoms with Crippen molar-refractivity contribution in [1.29, 1.82) is 0 Å². The third-order valence-corrected chi connectivity index (χ3v) is 3.49. The number of thioether (sulfide) groups is 1. The molecule has 0 radical (unpaired) electrons. The Kier molecular flexibility index (Phi) is 5.63. The van der Waals surface area contributed by atoms with E-state index < -0.39 is 0 Å². The first-order valence-corrected chi connectivity index (χ1v) is 8.16. The number of fused-ring (bicyclic) bond motifs is 1. The summed E-state index contributed by atoms with van der Waals surface area (Å²) < 4.78 is 5.74. The minimum absolute atomic E-state index is 0.576. The summed E-state index contributed by atoms with van der Waals surface area (Å²) in [5.41, 5.74) is 1.45. The molecule has 0 bridgehead atoms. The summed E-state index contributed by atoms with van der Waals surface area (Å²) in [4.78, 5) is 6.06. The van der Waals surface area contributed by atoms with Crippen LogP contribution >= 0.6 is 23.4 Å². The van der Waals surface area contributed by atoms with Crippen LogP contribution in [-0.4, -0.2) is 42.5 Å². The number of halogens is 1. The first kappa shape index (κ1) is 16.6. The summed E-state index contributed by atoms with van der Waals surface area (Å²) >= 11 is 7.40. The minimum Gasteiger partial charge on any atom is -0.455 e. The minimum atomic E-state index is 0.576. The molecule has 0 spiro atoms. The zero-order chi connectivity index (χ0) is 16.1. The second kappa shape index (κ2) is 7.47. The molecule has 0 unspecified atom stereocenters. The molecule has 0 saturated carbocycles. The standard InChI is InChI=1S/C15H17ClN4OS/c1-10(18-19-15(22-4)17-9-20(2)3)14-8-11-7-12(16)5-6-13(11)21-14/h5-9H,1-4H3/b17-9+,18-10+,19-15-. The highest BCUT2D eigenvalue weighted by atomic mass is 35.5. The van der Waals surface area contributed by atoms with Gasteiger partial charge in [0.25, 0.3) is 0 Å². The van der Waals surface area contributed by atoms with Gasteiger partial charge < -0.3 is 9.32 Å². The Balaban J connectivity index is 2.26. The first-order chi connectivity index (χ1) is 10.5. The Hall–Kier alpha value is -1.79. The van der Waals surface area contributed by atoms with E-state index in [1.54, 1.807) is 12.4 Å². The molecule has 1 aromatic carbocycles. The number of aliphatic imine (C=N–C) groups is 1. The van der Waals surface area contributed by atoms with E-state index in [0.717, 1.165) is 11.0 Å². The Morgan fingerprint density at radius 1 is 1.27 bits per heavy atom. The van der Waals surface area contributed by atoms with Crippen LogP contribution in [0.1, 0.15) is 12.7 Å². The fourth-order valence-electron chi connectivity index (χ4n) is 1.64. The first-order valence-electron chi connectivity index (χ1n) is 6.56. The molecule has 2 rings (SSSR count). The Bertz CT molecular complexity index is 749. The lowest BCUT2D eigenvalue weighted by molar-refractivity contribution is 0.604. The van der Waals surface area contributed by atoms with E-state index in [-0.39, 0.29) is 0 Å². The van der Waals surface area contributed by atoms with Crippen molar-refractivity contribution in [2.75, 3.05) is 20.4 Å². The van der Waals surface area contributed by atoms with E-state index in [1.165, 1.54) is 11.8 Å². The third kappa shape index (κ3) is 4.35. The van der Waals surface area contributed by atoms with Gasteiger partial charge in [0.15, 0.2) is 5.76 Å². The van der Waals surface area contributed by atoms with Gasteiger partial charge in [0.2, 0.25) is 5.17 Å². The average molecular weight is 337 g/mol. The van der Waals surface area contributed by atoms with Gasteiger partial charge in [-0.15, -0.1) is 10.2 Å². The number of amidine groups is 1. The highest BCUT2D eigenvalue weighted by molar-refractivity contribution is 8.13. The molecule has 5 nitrogen and oxygen atoms in total. The molecular weight excluding hydrogens is 320 g/mol. The van der Waals surface area contributed by atoms with E-state index in [0.29, 0.717) is 21.7 Å². The summed E-state index contributed by atoms with van der Waals surface area (Å²) in [6.07, 6.45) is 3.59. The molecule has 1 aromatic heterocycles. The van der Waals surface area contributed by atoms with E-state index >= 15 is 0 Å². The quantitative estimate of drug-likeness (QED) is 0.481. The van der Waals surface area contributed by atoms with Crippen LogP contribution in [0.2, 0.25) is 5.02 Å². The molecule has 0 aliphatic heterocycles. The Labute approximate surface area is 138 Å². The number of nitrogens with zero attached hydrogens (tertiary/aromatic N) is 4. The van der Waals surface area contributed by atoms with Crippen LogP contribution in [0.25, 0.3) is 11.0 Å². The van der Waals surface area contributed by atoms with Crippen LogP contribution in [0.15, 0.2) is 43.9 Å². The summed E-state index contributed by atoms with van der Waals surface area (Å²) in [5.74, 6) is 0.665. The highest BCUT2D eigenvalue weighted by Crippen LogP contribution is 2.23. The molecular formula is C15H17ClN4OS. The van der Waals surface area contributed by atoms with Crippen LogP contribution in [0.5, 0.6) is 0 Å². The monoisotopic (exact) mass is 336 g/mol. The van der Waals surface area contributed by atoms with Gasteiger partial charge in [0, 0.05) is 24.5 Å². The summed E-state index contributed by atoms with van der Waals surface area (Å²) in [6.45, 7) is 1.84. The molecule has 0 fully saturated rings. The second-order valence-electron chi connectivity index (χ2n) is 4.77. The fraction of sp³-hybridized carbons (Fsp3) is 0.267. The zero-order valence-corrected chi connectivity index (χ0v) is 14.4. The topological polar surface area (TPSA) is 53.5 Å². The van der Waals surface area contributed by atoms with Gasteiger partial charge in [0.1, 0.15) is 11.3 Å². The SMILES string of the molecule is CSC(=N\N=C(/C)c1cc2cc(Cl)ccc2o1)/N=C/N(C)C. The lowest BCUT2D eigenvalue weighted by Gasteiger charge is -2.01. The largest absolute Gasteiger partial charge is 0.455 e. The molecule has 2 aromatic rings. The van der Waals surface area contributed by atoms with E-state index in [4.69, 9.17) is 16.0 Å². The van der Waals surface area contributed by atoms with Crippen molar-refractivity contribution in [3.8, 4) is 0 Å². The van der Waals surface area contributed by atoms with Crippen molar-refractivity contribution in [3.63, 3.8) is 0 Å². The lowest BCUT2D eigenvalue weighted by atomic mass is 10.2. The van der Waals surface area contributed by atoms with Gasteiger partial charge in [-0.3, -0.25) is 0 Å². The number of hydrogen-bond donors (Lipinski definition) is 0. The molecule has 0 aliphatic carbocycles. The second-order valence-corrected chi connectivity index (χ2v) is 5.98. The van der Waals surface area contributed by atoms with Crippen LogP contribution in [0, 0.1) is 0 Å². The molecule has 0 N–H and O–H groups in total. The van der Waals surface area contributed by atoms with Gasteiger partial charge in [0.05, 0.1) is 6.34 Å². The molecule has 7 heteroatoms. The van der Waals surface area contributed by atoms with Crippen molar-refractivity contribution >= 4 is 51.5 Å². The average Bonchev–Trinajstić information content (AvgIpc) is 2.90. The number of furan rings is 1. The third-order valence-electron chi connectivity index (χ3n) is 2.70. The molecule has 0 atom stereocenters. The molecule has 0 aliphatic rings. The smallest absolute Gasteiger partial charge is 0.210 e. The van der Waals surface area contributed by atoms with Crippen LogP contribution < -0.4 is 0 Å². The molecule has 0 amide bonds. The van der Waals surface area contributed by atoms with E-state index in [2.05, 4.69) is 15.2 Å². The fourth-order valence-corrected chi connectivity index (χ4v) is 2.10. The Morgan fingerprint density at radius 3 is 2.73 bits per heavy atom. The van der Waals surface area contributed by atoms with Gasteiger partial charge in [-0.2, -0.15) is 0 Å². The zero-order valence-electron chi connectivity index (χ0n) is 12.9. The summed E-state index contributed by atoms with van der Waals surface area (Å²) in [6, 6.07) is 7.39. The molecule has 22 heavy (non-hydrogen) atoms. The number of rotatable bonds is 3. The predicted molar refractivity (Wildman–Crippen MR) is 96.6 cm³/mol. The molecule has 0 saturated heterocycles. The van der Waals surface area contributed by atoms with Crippen LogP contribution in [-0.2, 0) is 0 Å². The van der Waals surface area contributed by atoms with Crippen molar-refractivity contribution < 1.29 is 4.42 Å². The van der Waals surface area contributed by atoms with Crippen molar-refractivity contribution in [3.05, 3.63) is 35.0 Å². The maximum Gasteiger partial charge on any atom is 0.210 e. The van der Waals surface area contributed by atoms with Crippen molar-refractivity contribution in [2.45, 2.75) is 6.92 Å². The van der Waals surface area contributed by atoms with Gasteiger partial charge in [-0.05, 0) is 37.4 Å². The maximum absolute atomic E-state index is 5.97.